The molecule has 0 unspecified atom stereocenters. The highest BCUT2D eigenvalue weighted by molar-refractivity contribution is 5.96. The smallest absolute Gasteiger partial charge is 0.412 e. The van der Waals surface area contributed by atoms with Crippen LogP contribution in [0.4, 0.5) is 21.0 Å². The van der Waals surface area contributed by atoms with Crippen LogP contribution in [-0.4, -0.2) is 62.6 Å². The van der Waals surface area contributed by atoms with Gasteiger partial charge in [0, 0.05) is 16.9 Å². The van der Waals surface area contributed by atoms with Gasteiger partial charge in [-0.3, -0.25) is 10.1 Å². The second-order valence-electron chi connectivity index (χ2n) is 7.74. The molecule has 2 aromatic carbocycles. The molecule has 2 fully saturated rings. The number of methoxy groups -OCH3 is 1. The SMILES string of the molecule is COc1ccc(NC(=O)N[C@H]2CO[C@H]3[C@H]2OC[C@@H]3OC(=O)Nc2cccc(C(C)=O)c2)cc1. The number of nitrogens with one attached hydrogen (secondary N) is 3. The quantitative estimate of drug-likeness (QED) is 0.572. The van der Waals surface area contributed by atoms with Crippen molar-refractivity contribution in [2.75, 3.05) is 31.0 Å². The lowest BCUT2D eigenvalue weighted by Crippen LogP contribution is -2.46. The number of hydrogen-bond acceptors (Lipinski definition) is 7. The van der Waals surface area contributed by atoms with Gasteiger partial charge >= 0.3 is 12.1 Å². The number of rotatable bonds is 6. The van der Waals surface area contributed by atoms with E-state index in [0.29, 0.717) is 22.7 Å². The number of anilines is 2. The molecular weight excluding hydrogens is 430 g/mol. The number of benzene rings is 2. The van der Waals surface area contributed by atoms with Crippen LogP contribution >= 0.6 is 0 Å². The Hall–Kier alpha value is -3.63. The van der Waals surface area contributed by atoms with Crippen LogP contribution in [-0.2, 0) is 14.2 Å². The minimum atomic E-state index is -0.679. The van der Waals surface area contributed by atoms with E-state index in [9.17, 15) is 14.4 Å². The molecule has 4 atom stereocenters. The summed E-state index contributed by atoms with van der Waals surface area (Å²) >= 11 is 0. The van der Waals surface area contributed by atoms with Crippen LogP contribution in [0.1, 0.15) is 17.3 Å². The van der Waals surface area contributed by atoms with E-state index < -0.39 is 36.5 Å². The summed E-state index contributed by atoms with van der Waals surface area (Å²) < 4.78 is 22.1. The number of Topliss-reactive ketones (excluding diaryl/α,β-unsaturated/α-hetero) is 1. The number of hydrogen-bond donors (Lipinski definition) is 3. The topological polar surface area (TPSA) is 124 Å². The van der Waals surface area contributed by atoms with Gasteiger partial charge in [0.2, 0.25) is 0 Å². The zero-order valence-corrected chi connectivity index (χ0v) is 18.2. The number of ketones is 1. The number of carbonyl (C=O) groups excluding carboxylic acids is 3. The van der Waals surface area contributed by atoms with Gasteiger partial charge in [0.1, 0.15) is 18.0 Å². The number of urea groups is 1. The summed E-state index contributed by atoms with van der Waals surface area (Å²) in [6.07, 6.45) is -2.24. The van der Waals surface area contributed by atoms with Crippen LogP contribution in [0.3, 0.4) is 0 Å². The maximum absolute atomic E-state index is 12.4. The maximum atomic E-state index is 12.4. The monoisotopic (exact) mass is 455 g/mol. The van der Waals surface area contributed by atoms with Gasteiger partial charge in [0.05, 0.1) is 26.4 Å². The molecule has 0 aliphatic carbocycles. The maximum Gasteiger partial charge on any atom is 0.412 e. The molecule has 3 amide bonds. The van der Waals surface area contributed by atoms with E-state index in [1.165, 1.54) is 6.92 Å². The fourth-order valence-corrected chi connectivity index (χ4v) is 3.80. The van der Waals surface area contributed by atoms with Gasteiger partial charge in [0.15, 0.2) is 11.9 Å². The van der Waals surface area contributed by atoms with E-state index >= 15 is 0 Å². The van der Waals surface area contributed by atoms with E-state index in [1.54, 1.807) is 55.6 Å². The summed E-state index contributed by atoms with van der Waals surface area (Å²) in [5.41, 5.74) is 1.55. The van der Waals surface area contributed by atoms with Crippen LogP contribution in [0, 0.1) is 0 Å². The molecule has 0 aromatic heterocycles. The third-order valence-electron chi connectivity index (χ3n) is 5.45. The van der Waals surface area contributed by atoms with Crippen molar-refractivity contribution in [3.8, 4) is 5.75 Å². The summed E-state index contributed by atoms with van der Waals surface area (Å²) in [6, 6.07) is 12.7. The molecule has 0 radical (unpaired) electrons. The fourth-order valence-electron chi connectivity index (χ4n) is 3.80. The Morgan fingerprint density at radius 3 is 2.42 bits per heavy atom. The van der Waals surface area contributed by atoms with E-state index in [0.717, 1.165) is 0 Å². The lowest BCUT2D eigenvalue weighted by molar-refractivity contribution is 0.00873. The second-order valence-corrected chi connectivity index (χ2v) is 7.74. The van der Waals surface area contributed by atoms with Crippen molar-refractivity contribution in [3.05, 3.63) is 54.1 Å². The summed E-state index contributed by atoms with van der Waals surface area (Å²) in [5, 5.41) is 8.20. The number of fused-ring (bicyclic) bond motifs is 1. The molecule has 3 N–H and O–H groups in total. The highest BCUT2D eigenvalue weighted by Gasteiger charge is 2.50. The average Bonchev–Trinajstić information content (AvgIpc) is 3.37. The predicted octanol–water partition coefficient (Wildman–Crippen LogP) is 2.80. The fraction of sp³-hybridized carbons (Fsp3) is 0.348. The minimum Gasteiger partial charge on any atom is -0.497 e. The first-order valence-electron chi connectivity index (χ1n) is 10.5. The van der Waals surface area contributed by atoms with Crippen molar-refractivity contribution in [1.82, 2.24) is 5.32 Å². The molecule has 174 valence electrons. The van der Waals surface area contributed by atoms with Crippen LogP contribution in [0.25, 0.3) is 0 Å². The van der Waals surface area contributed by atoms with Crippen molar-refractivity contribution in [1.29, 1.82) is 0 Å². The Bertz CT molecular complexity index is 1030. The summed E-state index contributed by atoms with van der Waals surface area (Å²) in [4.78, 5) is 36.2. The van der Waals surface area contributed by atoms with E-state index in [-0.39, 0.29) is 19.0 Å². The molecule has 2 saturated heterocycles. The molecule has 10 nitrogen and oxygen atoms in total. The van der Waals surface area contributed by atoms with E-state index in [4.69, 9.17) is 18.9 Å². The lowest BCUT2D eigenvalue weighted by Gasteiger charge is -2.18. The molecule has 0 bridgehead atoms. The molecule has 2 aromatic rings. The van der Waals surface area contributed by atoms with Crippen LogP contribution in [0.15, 0.2) is 48.5 Å². The number of carbonyl (C=O) groups is 3. The zero-order valence-electron chi connectivity index (χ0n) is 18.2. The highest BCUT2D eigenvalue weighted by atomic mass is 16.6. The molecule has 2 aliphatic rings. The first-order chi connectivity index (χ1) is 15.9. The summed E-state index contributed by atoms with van der Waals surface area (Å²) in [6.45, 7) is 1.83. The normalized spacial score (nSPS) is 23.3. The van der Waals surface area contributed by atoms with Crippen molar-refractivity contribution in [2.24, 2.45) is 0 Å². The third-order valence-corrected chi connectivity index (χ3v) is 5.45. The van der Waals surface area contributed by atoms with Gasteiger partial charge in [-0.2, -0.15) is 0 Å². The highest BCUT2D eigenvalue weighted by Crippen LogP contribution is 2.29. The van der Waals surface area contributed by atoms with Gasteiger partial charge in [-0.05, 0) is 43.3 Å². The second kappa shape index (κ2) is 9.88. The molecule has 4 rings (SSSR count). The predicted molar refractivity (Wildman–Crippen MR) is 119 cm³/mol. The largest absolute Gasteiger partial charge is 0.497 e. The van der Waals surface area contributed by atoms with Gasteiger partial charge in [0.25, 0.3) is 0 Å². The standard InChI is InChI=1S/C23H25N3O7/c1-13(27)14-4-3-5-16(10-14)25-23(29)33-19-12-32-20-18(11-31-21(19)20)26-22(28)24-15-6-8-17(30-2)9-7-15/h3-10,18-21H,11-12H2,1-2H3,(H,25,29)(H2,24,26,28)/t18-,19-,20-,21+/m0/s1. The lowest BCUT2D eigenvalue weighted by atomic mass is 10.1. The molecule has 33 heavy (non-hydrogen) atoms. The molecule has 0 saturated carbocycles. The van der Waals surface area contributed by atoms with Gasteiger partial charge in [-0.1, -0.05) is 12.1 Å². The van der Waals surface area contributed by atoms with Crippen LogP contribution in [0.2, 0.25) is 0 Å². The number of ether oxygens (including phenoxy) is 4. The Labute approximate surface area is 190 Å². The van der Waals surface area contributed by atoms with Gasteiger partial charge in [-0.25, -0.2) is 9.59 Å². The van der Waals surface area contributed by atoms with Crippen molar-refractivity contribution < 1.29 is 33.3 Å². The molecule has 2 heterocycles. The van der Waals surface area contributed by atoms with Crippen LogP contribution < -0.4 is 20.7 Å². The van der Waals surface area contributed by atoms with Gasteiger partial charge < -0.3 is 29.6 Å². The summed E-state index contributed by atoms with van der Waals surface area (Å²) in [7, 11) is 1.57. The van der Waals surface area contributed by atoms with Crippen LogP contribution in [0.5, 0.6) is 5.75 Å². The number of amides is 3. The van der Waals surface area contributed by atoms with Crippen molar-refractivity contribution >= 4 is 29.3 Å². The molecule has 2 aliphatic heterocycles. The van der Waals surface area contributed by atoms with Crippen molar-refractivity contribution in [3.63, 3.8) is 0 Å². The van der Waals surface area contributed by atoms with E-state index in [2.05, 4.69) is 16.0 Å². The molecular formula is C23H25N3O7. The molecule has 10 heteroatoms. The first kappa shape index (κ1) is 22.6. The average molecular weight is 455 g/mol. The Balaban J connectivity index is 1.27. The Kier molecular flexibility index (Phi) is 6.76. The molecule has 0 spiro atoms. The third kappa shape index (κ3) is 5.41. The zero-order chi connectivity index (χ0) is 23.4. The van der Waals surface area contributed by atoms with Gasteiger partial charge in [-0.15, -0.1) is 0 Å². The first-order valence-corrected chi connectivity index (χ1v) is 10.5. The Morgan fingerprint density at radius 2 is 1.70 bits per heavy atom. The Morgan fingerprint density at radius 1 is 0.939 bits per heavy atom. The minimum absolute atomic E-state index is 0.104. The van der Waals surface area contributed by atoms with Crippen molar-refractivity contribution in [2.45, 2.75) is 31.3 Å². The summed E-state index contributed by atoms with van der Waals surface area (Å²) in [5.74, 6) is 0.585. The van der Waals surface area contributed by atoms with E-state index in [1.807, 2.05) is 0 Å².